The number of hydrogen-bond donors (Lipinski definition) is 1. The third-order valence-corrected chi connectivity index (χ3v) is 4.46. The Kier molecular flexibility index (Phi) is 4.46. The molecule has 1 atom stereocenters. The lowest BCUT2D eigenvalue weighted by molar-refractivity contribution is -0.125. The third kappa shape index (κ3) is 3.39. The fourth-order valence-corrected chi connectivity index (χ4v) is 3.24. The molecule has 0 saturated carbocycles. The molecular formula is C17H18N2OS. The number of thiophene rings is 1. The summed E-state index contributed by atoms with van der Waals surface area (Å²) in [6.45, 7) is 0.540. The second-order valence-electron chi connectivity index (χ2n) is 5.22. The maximum Gasteiger partial charge on any atom is 0.223 e. The van der Waals surface area contributed by atoms with Gasteiger partial charge in [-0.2, -0.15) is 11.3 Å². The Balaban J connectivity index is 1.68. The Morgan fingerprint density at radius 3 is 3.10 bits per heavy atom. The van der Waals surface area contributed by atoms with Gasteiger partial charge in [0.2, 0.25) is 5.91 Å². The summed E-state index contributed by atoms with van der Waals surface area (Å²) in [6.07, 6.45) is 8.87. The molecule has 4 heteroatoms. The smallest absolute Gasteiger partial charge is 0.223 e. The van der Waals surface area contributed by atoms with Crippen LogP contribution in [0.15, 0.2) is 47.3 Å². The van der Waals surface area contributed by atoms with Crippen LogP contribution in [0.4, 0.5) is 0 Å². The molecule has 3 nitrogen and oxygen atoms in total. The van der Waals surface area contributed by atoms with Gasteiger partial charge in [-0.25, -0.2) is 0 Å². The number of carbonyl (C=O) groups is 1. The Morgan fingerprint density at radius 1 is 1.38 bits per heavy atom. The van der Waals surface area contributed by atoms with E-state index in [1.165, 1.54) is 0 Å². The van der Waals surface area contributed by atoms with E-state index >= 15 is 0 Å². The maximum atomic E-state index is 12.2. The van der Waals surface area contributed by atoms with Crippen molar-refractivity contribution >= 4 is 17.2 Å². The summed E-state index contributed by atoms with van der Waals surface area (Å²) in [7, 11) is 0. The zero-order valence-electron chi connectivity index (χ0n) is 11.8. The average molecular weight is 298 g/mol. The maximum absolute atomic E-state index is 12.2. The fraction of sp³-hybridized carbons (Fsp3) is 0.294. The molecule has 1 amide bonds. The largest absolute Gasteiger partial charge is 0.352 e. The van der Waals surface area contributed by atoms with Gasteiger partial charge in [0.25, 0.3) is 0 Å². The van der Waals surface area contributed by atoms with Gasteiger partial charge in [-0.15, -0.1) is 0 Å². The van der Waals surface area contributed by atoms with E-state index < -0.39 is 0 Å². The number of amides is 1. The first-order chi connectivity index (χ1) is 10.3. The number of pyridine rings is 1. The minimum absolute atomic E-state index is 0.122. The fourth-order valence-electron chi connectivity index (χ4n) is 2.60. The first kappa shape index (κ1) is 14.0. The van der Waals surface area contributed by atoms with Crippen LogP contribution < -0.4 is 5.32 Å². The van der Waals surface area contributed by atoms with Crippen molar-refractivity contribution in [2.24, 2.45) is 5.92 Å². The van der Waals surface area contributed by atoms with Gasteiger partial charge in [-0.3, -0.25) is 9.78 Å². The molecule has 1 aliphatic carbocycles. The molecule has 3 rings (SSSR count). The standard InChI is InChI=1S/C17H18N2OS/c20-17(13-5-2-1-3-6-13)19-11-14-7-4-9-18-16(14)15-8-10-21-12-15/h1-2,4,7-10,12-13H,3,5-6,11H2,(H,19,20)/t13-/m0/s1. The Morgan fingerprint density at radius 2 is 2.33 bits per heavy atom. The van der Waals surface area contributed by atoms with E-state index in [4.69, 9.17) is 0 Å². The van der Waals surface area contributed by atoms with Gasteiger partial charge in [0.05, 0.1) is 5.69 Å². The Hall–Kier alpha value is -1.94. The van der Waals surface area contributed by atoms with Crippen LogP contribution in [-0.2, 0) is 11.3 Å². The van der Waals surface area contributed by atoms with Gasteiger partial charge in [0.15, 0.2) is 0 Å². The van der Waals surface area contributed by atoms with Crippen molar-refractivity contribution in [3.63, 3.8) is 0 Å². The molecule has 0 aliphatic heterocycles. The van der Waals surface area contributed by atoms with Crippen LogP contribution in [0.5, 0.6) is 0 Å². The van der Waals surface area contributed by atoms with Gasteiger partial charge < -0.3 is 5.32 Å². The van der Waals surface area contributed by atoms with E-state index in [1.54, 1.807) is 17.5 Å². The molecule has 21 heavy (non-hydrogen) atoms. The van der Waals surface area contributed by atoms with Crippen molar-refractivity contribution in [1.82, 2.24) is 10.3 Å². The summed E-state index contributed by atoms with van der Waals surface area (Å²) in [5.41, 5.74) is 3.14. The minimum atomic E-state index is 0.122. The number of nitrogens with zero attached hydrogens (tertiary/aromatic N) is 1. The molecule has 2 heterocycles. The molecule has 0 radical (unpaired) electrons. The van der Waals surface area contributed by atoms with Crippen molar-refractivity contribution < 1.29 is 4.79 Å². The molecule has 0 bridgehead atoms. The highest BCUT2D eigenvalue weighted by molar-refractivity contribution is 7.08. The van der Waals surface area contributed by atoms with Crippen LogP contribution in [0.3, 0.4) is 0 Å². The van der Waals surface area contributed by atoms with E-state index in [0.29, 0.717) is 6.54 Å². The van der Waals surface area contributed by atoms with Gasteiger partial charge >= 0.3 is 0 Å². The van der Waals surface area contributed by atoms with Crippen LogP contribution in [0.2, 0.25) is 0 Å². The first-order valence-corrected chi connectivity index (χ1v) is 8.18. The summed E-state index contributed by atoms with van der Waals surface area (Å²) in [5, 5.41) is 7.19. The Labute approximate surface area is 128 Å². The van der Waals surface area contributed by atoms with Crippen molar-refractivity contribution in [3.05, 3.63) is 52.9 Å². The van der Waals surface area contributed by atoms with Gasteiger partial charge in [-0.05, 0) is 42.3 Å². The van der Waals surface area contributed by atoms with E-state index in [-0.39, 0.29) is 11.8 Å². The lowest BCUT2D eigenvalue weighted by Crippen LogP contribution is -2.30. The van der Waals surface area contributed by atoms with Crippen molar-refractivity contribution in [2.75, 3.05) is 0 Å². The van der Waals surface area contributed by atoms with E-state index in [9.17, 15) is 4.79 Å². The third-order valence-electron chi connectivity index (χ3n) is 3.78. The van der Waals surface area contributed by atoms with Crippen LogP contribution >= 0.6 is 11.3 Å². The number of allylic oxidation sites excluding steroid dienone is 2. The number of rotatable bonds is 4. The monoisotopic (exact) mass is 298 g/mol. The highest BCUT2D eigenvalue weighted by Gasteiger charge is 2.18. The lowest BCUT2D eigenvalue weighted by Gasteiger charge is -2.17. The topological polar surface area (TPSA) is 42.0 Å². The highest BCUT2D eigenvalue weighted by Crippen LogP contribution is 2.24. The normalized spacial score (nSPS) is 17.6. The van der Waals surface area contributed by atoms with Crippen LogP contribution in [0.25, 0.3) is 11.3 Å². The molecule has 108 valence electrons. The van der Waals surface area contributed by atoms with E-state index in [2.05, 4.69) is 33.9 Å². The molecule has 0 spiro atoms. The highest BCUT2D eigenvalue weighted by atomic mass is 32.1. The van der Waals surface area contributed by atoms with Gasteiger partial charge in [-0.1, -0.05) is 18.2 Å². The lowest BCUT2D eigenvalue weighted by atomic mass is 9.93. The molecule has 0 unspecified atom stereocenters. The predicted molar refractivity (Wildman–Crippen MR) is 85.9 cm³/mol. The predicted octanol–water partition coefficient (Wildman–Crippen LogP) is 3.78. The molecule has 0 aromatic carbocycles. The number of nitrogens with one attached hydrogen (secondary N) is 1. The molecule has 1 aliphatic rings. The second-order valence-corrected chi connectivity index (χ2v) is 6.00. The van der Waals surface area contributed by atoms with Crippen molar-refractivity contribution in [2.45, 2.75) is 25.8 Å². The number of carbonyl (C=O) groups excluding carboxylic acids is 1. The van der Waals surface area contributed by atoms with Gasteiger partial charge in [0.1, 0.15) is 0 Å². The van der Waals surface area contributed by atoms with E-state index in [0.717, 1.165) is 36.1 Å². The summed E-state index contributed by atoms with van der Waals surface area (Å²) in [4.78, 5) is 16.7. The van der Waals surface area contributed by atoms with Crippen molar-refractivity contribution in [3.8, 4) is 11.3 Å². The number of hydrogen-bond acceptors (Lipinski definition) is 3. The SMILES string of the molecule is O=C(NCc1cccnc1-c1ccsc1)[C@H]1CC=CCC1. The zero-order chi connectivity index (χ0) is 14.5. The summed E-state index contributed by atoms with van der Waals surface area (Å²) >= 11 is 1.66. The molecule has 2 aromatic rings. The molecule has 0 fully saturated rings. The van der Waals surface area contributed by atoms with Gasteiger partial charge in [0, 0.05) is 29.6 Å². The minimum Gasteiger partial charge on any atom is -0.352 e. The first-order valence-electron chi connectivity index (χ1n) is 7.24. The van der Waals surface area contributed by atoms with Crippen molar-refractivity contribution in [1.29, 1.82) is 0 Å². The summed E-state index contributed by atoms with van der Waals surface area (Å²) in [6, 6.07) is 6.01. The number of aromatic nitrogens is 1. The quantitative estimate of drug-likeness (QED) is 0.873. The van der Waals surface area contributed by atoms with Crippen LogP contribution in [0.1, 0.15) is 24.8 Å². The molecule has 2 aromatic heterocycles. The van der Waals surface area contributed by atoms with E-state index in [1.807, 2.05) is 17.5 Å². The summed E-state index contributed by atoms with van der Waals surface area (Å²) in [5.74, 6) is 0.274. The average Bonchev–Trinajstić information content (AvgIpc) is 3.08. The molecular weight excluding hydrogens is 280 g/mol. The molecule has 0 saturated heterocycles. The summed E-state index contributed by atoms with van der Waals surface area (Å²) < 4.78 is 0. The van der Waals surface area contributed by atoms with Crippen LogP contribution in [0, 0.1) is 5.92 Å². The van der Waals surface area contributed by atoms with Crippen LogP contribution in [-0.4, -0.2) is 10.9 Å². The molecule has 1 N–H and O–H groups in total. The Bertz CT molecular complexity index is 634. The second kappa shape index (κ2) is 6.68. The zero-order valence-corrected chi connectivity index (χ0v) is 12.6.